The molecule has 0 radical (unpaired) electrons. The van der Waals surface area contributed by atoms with Crippen molar-refractivity contribution in [3.8, 4) is 0 Å². The molecule has 18 heavy (non-hydrogen) atoms. The number of anilines is 1. The fourth-order valence-electron chi connectivity index (χ4n) is 2.60. The molecule has 1 aliphatic rings. The van der Waals surface area contributed by atoms with Gasteiger partial charge in [-0.3, -0.25) is 4.79 Å². The minimum Gasteiger partial charge on any atom is -0.330 e. The number of hydrogen-bond acceptors (Lipinski definition) is 2. The van der Waals surface area contributed by atoms with E-state index in [-0.39, 0.29) is 5.91 Å². The Morgan fingerprint density at radius 1 is 1.22 bits per heavy atom. The fraction of sp³-hybridized carbons (Fsp3) is 0.533. The first-order valence-corrected chi connectivity index (χ1v) is 6.75. The van der Waals surface area contributed by atoms with Gasteiger partial charge in [-0.05, 0) is 68.3 Å². The van der Waals surface area contributed by atoms with Gasteiger partial charge in [-0.25, -0.2) is 0 Å². The minimum absolute atomic E-state index is 0.140. The van der Waals surface area contributed by atoms with E-state index in [0.29, 0.717) is 6.42 Å². The zero-order valence-electron chi connectivity index (χ0n) is 11.3. The Morgan fingerprint density at radius 3 is 2.72 bits per heavy atom. The van der Waals surface area contributed by atoms with Gasteiger partial charge in [0.1, 0.15) is 0 Å². The first-order chi connectivity index (χ1) is 8.63. The number of hydrogen-bond donors (Lipinski definition) is 2. The number of aryl methyl sites for hydroxylation is 2. The topological polar surface area (TPSA) is 55.1 Å². The van der Waals surface area contributed by atoms with Crippen molar-refractivity contribution in [1.82, 2.24) is 0 Å². The van der Waals surface area contributed by atoms with Gasteiger partial charge >= 0.3 is 0 Å². The summed E-state index contributed by atoms with van der Waals surface area (Å²) in [7, 11) is 0. The lowest BCUT2D eigenvalue weighted by Crippen LogP contribution is -2.20. The van der Waals surface area contributed by atoms with Gasteiger partial charge in [-0.15, -0.1) is 0 Å². The van der Waals surface area contributed by atoms with Crippen LogP contribution in [-0.4, -0.2) is 12.5 Å². The molecule has 1 aromatic carbocycles. The van der Waals surface area contributed by atoms with Crippen molar-refractivity contribution >= 4 is 11.6 Å². The number of nitrogens with one attached hydrogen (secondary N) is 1. The van der Waals surface area contributed by atoms with Gasteiger partial charge in [0, 0.05) is 12.1 Å². The highest BCUT2D eigenvalue weighted by atomic mass is 16.1. The molecule has 1 aromatic rings. The quantitative estimate of drug-likeness (QED) is 0.802. The molecule has 3 N–H and O–H groups in total. The molecule has 0 saturated heterocycles. The number of benzene rings is 1. The van der Waals surface area contributed by atoms with Crippen molar-refractivity contribution in [2.24, 2.45) is 5.73 Å². The number of carbonyl (C=O) groups excluding carboxylic acids is 1. The summed E-state index contributed by atoms with van der Waals surface area (Å²) in [5.41, 5.74) is 11.8. The third kappa shape index (κ3) is 2.56. The largest absolute Gasteiger partial charge is 0.330 e. The number of carbonyl (C=O) groups is 1. The second-order valence-electron chi connectivity index (χ2n) is 5.11. The van der Waals surface area contributed by atoms with Gasteiger partial charge in [0.05, 0.1) is 0 Å². The van der Waals surface area contributed by atoms with E-state index in [9.17, 15) is 4.79 Å². The van der Waals surface area contributed by atoms with Crippen LogP contribution in [0.3, 0.4) is 0 Å². The molecule has 0 fully saturated rings. The van der Waals surface area contributed by atoms with E-state index in [1.807, 2.05) is 0 Å². The Balaban J connectivity index is 2.28. The first-order valence-electron chi connectivity index (χ1n) is 6.75. The minimum atomic E-state index is 0.140. The van der Waals surface area contributed by atoms with Crippen molar-refractivity contribution in [1.29, 1.82) is 0 Å². The van der Waals surface area contributed by atoms with Crippen LogP contribution in [0.25, 0.3) is 0 Å². The molecule has 2 rings (SSSR count). The molecule has 0 atom stereocenters. The third-order valence-electron chi connectivity index (χ3n) is 3.87. The summed E-state index contributed by atoms with van der Waals surface area (Å²) >= 11 is 0. The van der Waals surface area contributed by atoms with E-state index in [0.717, 1.165) is 37.9 Å². The summed E-state index contributed by atoms with van der Waals surface area (Å²) in [5.74, 6) is 0.140. The summed E-state index contributed by atoms with van der Waals surface area (Å²) in [6.45, 7) is 5.01. The van der Waals surface area contributed by atoms with Crippen LogP contribution in [-0.2, 0) is 17.6 Å². The highest BCUT2D eigenvalue weighted by Crippen LogP contribution is 2.31. The summed E-state index contributed by atoms with van der Waals surface area (Å²) in [5, 5.41) is 3.00. The lowest BCUT2D eigenvalue weighted by molar-refractivity contribution is -0.116. The maximum Gasteiger partial charge on any atom is 0.224 e. The van der Waals surface area contributed by atoms with E-state index in [4.69, 9.17) is 5.73 Å². The normalized spacial score (nSPS) is 14.3. The molecule has 98 valence electrons. The summed E-state index contributed by atoms with van der Waals surface area (Å²) < 4.78 is 0. The van der Waals surface area contributed by atoms with Crippen LogP contribution >= 0.6 is 0 Å². The Labute approximate surface area is 109 Å². The molecule has 0 unspecified atom stereocenters. The monoisotopic (exact) mass is 246 g/mol. The van der Waals surface area contributed by atoms with Crippen LogP contribution < -0.4 is 11.1 Å². The maximum atomic E-state index is 11.5. The predicted molar refractivity (Wildman–Crippen MR) is 74.9 cm³/mol. The van der Waals surface area contributed by atoms with E-state index >= 15 is 0 Å². The molecule has 0 bridgehead atoms. The molecule has 1 amide bonds. The Bertz CT molecular complexity index is 466. The number of amides is 1. The SMILES string of the molecule is Cc1c(CCCCN)cc2c(c1C)NC(=O)CC2. The van der Waals surface area contributed by atoms with Crippen LogP contribution in [0.4, 0.5) is 5.69 Å². The Kier molecular flexibility index (Phi) is 4.02. The highest BCUT2D eigenvalue weighted by Gasteiger charge is 2.19. The van der Waals surface area contributed by atoms with Crippen LogP contribution in [0.15, 0.2) is 6.07 Å². The average Bonchev–Trinajstić information content (AvgIpc) is 2.36. The average molecular weight is 246 g/mol. The number of unbranched alkanes of at least 4 members (excludes halogenated alkanes) is 1. The van der Waals surface area contributed by atoms with Crippen molar-refractivity contribution in [3.63, 3.8) is 0 Å². The van der Waals surface area contributed by atoms with Gasteiger partial charge < -0.3 is 11.1 Å². The van der Waals surface area contributed by atoms with Gasteiger partial charge in [0.25, 0.3) is 0 Å². The molecular weight excluding hydrogens is 224 g/mol. The number of nitrogens with two attached hydrogens (primary N) is 1. The summed E-state index contributed by atoms with van der Waals surface area (Å²) in [6.07, 6.45) is 4.78. The van der Waals surface area contributed by atoms with Gasteiger partial charge in [0.2, 0.25) is 5.91 Å². The lowest BCUT2D eigenvalue weighted by Gasteiger charge is -2.22. The van der Waals surface area contributed by atoms with Gasteiger partial charge in [-0.2, -0.15) is 0 Å². The van der Waals surface area contributed by atoms with Crippen molar-refractivity contribution in [2.45, 2.75) is 46.0 Å². The zero-order chi connectivity index (χ0) is 13.1. The number of rotatable bonds is 4. The highest BCUT2D eigenvalue weighted by molar-refractivity contribution is 5.95. The van der Waals surface area contributed by atoms with Gasteiger partial charge in [-0.1, -0.05) is 6.07 Å². The second kappa shape index (κ2) is 5.53. The van der Waals surface area contributed by atoms with E-state index in [2.05, 4.69) is 25.2 Å². The van der Waals surface area contributed by atoms with E-state index in [1.54, 1.807) is 0 Å². The third-order valence-corrected chi connectivity index (χ3v) is 3.87. The molecule has 0 aromatic heterocycles. The van der Waals surface area contributed by atoms with E-state index < -0.39 is 0 Å². The first kappa shape index (κ1) is 13.1. The van der Waals surface area contributed by atoms with Crippen molar-refractivity contribution < 1.29 is 4.79 Å². The molecular formula is C15H22N2O. The molecule has 0 saturated carbocycles. The van der Waals surface area contributed by atoms with Gasteiger partial charge in [0.15, 0.2) is 0 Å². The molecule has 0 spiro atoms. The second-order valence-corrected chi connectivity index (χ2v) is 5.11. The van der Waals surface area contributed by atoms with E-state index in [1.165, 1.54) is 22.3 Å². The summed E-state index contributed by atoms with van der Waals surface area (Å²) in [4.78, 5) is 11.5. The standard InChI is InChI=1S/C15H22N2O/c1-10-11(2)15-13(6-7-14(18)17-15)9-12(10)5-3-4-8-16/h9H,3-8,16H2,1-2H3,(H,17,18). The fourth-order valence-corrected chi connectivity index (χ4v) is 2.60. The Morgan fingerprint density at radius 2 is 2.00 bits per heavy atom. The molecule has 3 nitrogen and oxygen atoms in total. The molecule has 0 aliphatic carbocycles. The number of fused-ring (bicyclic) bond motifs is 1. The predicted octanol–water partition coefficient (Wildman–Crippen LogP) is 2.47. The zero-order valence-corrected chi connectivity index (χ0v) is 11.3. The smallest absolute Gasteiger partial charge is 0.224 e. The lowest BCUT2D eigenvalue weighted by atomic mass is 9.90. The van der Waals surface area contributed by atoms with Crippen LogP contribution in [0, 0.1) is 13.8 Å². The van der Waals surface area contributed by atoms with Crippen molar-refractivity contribution in [3.05, 3.63) is 28.3 Å². The molecule has 1 aliphatic heterocycles. The summed E-state index contributed by atoms with van der Waals surface area (Å²) in [6, 6.07) is 2.27. The molecule has 3 heteroatoms. The van der Waals surface area contributed by atoms with Crippen LogP contribution in [0.2, 0.25) is 0 Å². The van der Waals surface area contributed by atoms with Crippen LogP contribution in [0.1, 0.15) is 41.5 Å². The van der Waals surface area contributed by atoms with Crippen LogP contribution in [0.5, 0.6) is 0 Å². The Hall–Kier alpha value is -1.35. The van der Waals surface area contributed by atoms with Crippen molar-refractivity contribution in [2.75, 3.05) is 11.9 Å². The maximum absolute atomic E-state index is 11.5. The molecule has 1 heterocycles.